The summed E-state index contributed by atoms with van der Waals surface area (Å²) in [5, 5.41) is 3.30. The molecule has 1 heterocycles. The third kappa shape index (κ3) is 4.74. The van der Waals surface area contributed by atoms with Crippen LogP contribution in [0.1, 0.15) is 50.5 Å². The number of nitrogens with one attached hydrogen (secondary N) is 2. The fraction of sp³-hybridized carbons (Fsp3) is 0.632. The zero-order valence-electron chi connectivity index (χ0n) is 15.8. The van der Waals surface area contributed by atoms with Gasteiger partial charge in [0.25, 0.3) is 0 Å². The third-order valence-electron chi connectivity index (χ3n) is 5.66. The first kappa shape index (κ1) is 22.0. The smallest absolute Gasteiger partial charge is 0.352 e. The van der Waals surface area contributed by atoms with Crippen LogP contribution in [-0.2, 0) is 20.8 Å². The normalized spacial score (nSPS) is 28.7. The molecule has 1 aliphatic carbocycles. The molecule has 3 rings (SSSR count). The summed E-state index contributed by atoms with van der Waals surface area (Å²) < 4.78 is 79.4. The lowest BCUT2D eigenvalue weighted by Crippen LogP contribution is -2.51. The summed E-state index contributed by atoms with van der Waals surface area (Å²) in [5.41, 5.74) is -1.14. The minimum Gasteiger partial charge on any atom is -0.352 e. The second kappa shape index (κ2) is 8.22. The van der Waals surface area contributed by atoms with Crippen LogP contribution in [0.3, 0.4) is 0 Å². The Bertz CT molecular complexity index is 843. The van der Waals surface area contributed by atoms with Gasteiger partial charge in [-0.25, -0.2) is 12.8 Å². The molecule has 1 amide bonds. The molecule has 5 nitrogen and oxygen atoms in total. The number of piperidine rings is 1. The van der Waals surface area contributed by atoms with Gasteiger partial charge in [-0.05, 0) is 63.3 Å². The van der Waals surface area contributed by atoms with E-state index in [1.165, 1.54) is 0 Å². The van der Waals surface area contributed by atoms with Gasteiger partial charge < -0.3 is 10.6 Å². The Kier molecular flexibility index (Phi) is 6.24. The van der Waals surface area contributed by atoms with Crippen molar-refractivity contribution in [3.63, 3.8) is 0 Å². The molecule has 162 valence electrons. The van der Waals surface area contributed by atoms with Crippen molar-refractivity contribution in [3.8, 4) is 0 Å². The van der Waals surface area contributed by atoms with E-state index >= 15 is 4.39 Å². The average Bonchev–Trinajstić information content (AvgIpc) is 2.70. The molecule has 1 saturated carbocycles. The van der Waals surface area contributed by atoms with E-state index in [0.717, 1.165) is 44.0 Å². The number of benzene rings is 1. The van der Waals surface area contributed by atoms with Crippen molar-refractivity contribution in [2.75, 3.05) is 6.54 Å². The first-order valence-corrected chi connectivity index (χ1v) is 11.2. The van der Waals surface area contributed by atoms with Gasteiger partial charge in [-0.3, -0.25) is 4.79 Å². The summed E-state index contributed by atoms with van der Waals surface area (Å²) in [6, 6.07) is 2.51. The fourth-order valence-electron chi connectivity index (χ4n) is 3.89. The van der Waals surface area contributed by atoms with Crippen LogP contribution in [0.15, 0.2) is 29.2 Å². The zero-order valence-corrected chi connectivity index (χ0v) is 16.6. The summed E-state index contributed by atoms with van der Waals surface area (Å²) >= 11 is 0. The number of amides is 1. The van der Waals surface area contributed by atoms with Crippen LogP contribution in [0.25, 0.3) is 0 Å². The lowest BCUT2D eigenvalue weighted by atomic mass is 9.93. The highest BCUT2D eigenvalue weighted by Crippen LogP contribution is 2.41. The summed E-state index contributed by atoms with van der Waals surface area (Å²) in [6.45, 7) is 0.756. The first-order chi connectivity index (χ1) is 13.5. The standard InChI is InChI=1S/C19H24F4N2O3S/c20-18(29(27,28)15-5-3-4-13(12-15)19(21,22)23)9-7-14(8-10-18)25-17(26)16-6-1-2-11-24-16/h3-5,12,14,16,24H,1-2,6-11H2,(H,25,26)/t14-,16?,18+. The van der Waals surface area contributed by atoms with Crippen molar-refractivity contribution in [2.24, 2.45) is 0 Å². The molecule has 1 aromatic rings. The van der Waals surface area contributed by atoms with Gasteiger partial charge >= 0.3 is 6.18 Å². The highest BCUT2D eigenvalue weighted by molar-refractivity contribution is 7.92. The van der Waals surface area contributed by atoms with E-state index in [9.17, 15) is 26.4 Å². The topological polar surface area (TPSA) is 75.3 Å². The molecule has 2 fully saturated rings. The second-order valence-electron chi connectivity index (χ2n) is 7.70. The number of hydrogen-bond acceptors (Lipinski definition) is 4. The van der Waals surface area contributed by atoms with Gasteiger partial charge in [-0.1, -0.05) is 12.5 Å². The maximum Gasteiger partial charge on any atom is 0.416 e. The van der Waals surface area contributed by atoms with Crippen LogP contribution in [0, 0.1) is 0 Å². The Balaban J connectivity index is 1.67. The monoisotopic (exact) mass is 436 g/mol. The van der Waals surface area contributed by atoms with Crippen molar-refractivity contribution in [3.05, 3.63) is 29.8 Å². The lowest BCUT2D eigenvalue weighted by molar-refractivity contribution is -0.137. The number of carbonyl (C=O) groups is 1. The Morgan fingerprint density at radius 2 is 1.83 bits per heavy atom. The zero-order chi connectivity index (χ0) is 21.3. The van der Waals surface area contributed by atoms with E-state index in [1.807, 2.05) is 0 Å². The molecular formula is C19H24F4N2O3S. The van der Waals surface area contributed by atoms with Gasteiger partial charge in [0.05, 0.1) is 16.5 Å². The van der Waals surface area contributed by atoms with Gasteiger partial charge in [-0.2, -0.15) is 13.2 Å². The molecule has 2 aliphatic rings. The van der Waals surface area contributed by atoms with Gasteiger partial charge in [-0.15, -0.1) is 0 Å². The van der Waals surface area contributed by atoms with Crippen LogP contribution in [-0.4, -0.2) is 38.0 Å². The molecule has 0 radical (unpaired) electrons. The van der Waals surface area contributed by atoms with Crippen LogP contribution in [0.5, 0.6) is 0 Å². The van der Waals surface area contributed by atoms with E-state index in [2.05, 4.69) is 10.6 Å². The summed E-state index contributed by atoms with van der Waals surface area (Å²) in [6.07, 6.45) is -2.60. The summed E-state index contributed by atoms with van der Waals surface area (Å²) in [5.74, 6) is -0.179. The molecule has 0 bridgehead atoms. The third-order valence-corrected chi connectivity index (χ3v) is 7.90. The van der Waals surface area contributed by atoms with Crippen molar-refractivity contribution >= 4 is 15.7 Å². The maximum atomic E-state index is 15.3. The van der Waals surface area contributed by atoms with E-state index < -0.39 is 31.5 Å². The molecule has 1 atom stereocenters. The highest BCUT2D eigenvalue weighted by atomic mass is 32.2. The minimum atomic E-state index is -4.72. The lowest BCUT2D eigenvalue weighted by Gasteiger charge is -2.34. The van der Waals surface area contributed by atoms with Crippen molar-refractivity contribution < 1.29 is 30.8 Å². The average molecular weight is 436 g/mol. The van der Waals surface area contributed by atoms with Gasteiger partial charge in [0.1, 0.15) is 0 Å². The molecular weight excluding hydrogens is 412 g/mol. The first-order valence-electron chi connectivity index (χ1n) is 9.67. The summed E-state index contributed by atoms with van der Waals surface area (Å²) in [4.78, 5) is 11.6. The van der Waals surface area contributed by atoms with Crippen LogP contribution < -0.4 is 10.6 Å². The SMILES string of the molecule is O=C(N[C@H]1CC[C@@](F)(S(=O)(=O)c2cccc(C(F)(F)F)c2)CC1)C1CCCCN1. The molecule has 1 aliphatic heterocycles. The van der Waals surface area contributed by atoms with Gasteiger partial charge in [0.2, 0.25) is 20.7 Å². The molecule has 1 unspecified atom stereocenters. The minimum absolute atomic E-state index is 0.104. The molecule has 10 heteroatoms. The molecule has 0 aromatic heterocycles. The van der Waals surface area contributed by atoms with Crippen LogP contribution >= 0.6 is 0 Å². The van der Waals surface area contributed by atoms with Crippen molar-refractivity contribution in [1.29, 1.82) is 0 Å². The van der Waals surface area contributed by atoms with Crippen LogP contribution in [0.2, 0.25) is 0 Å². The van der Waals surface area contributed by atoms with Crippen molar-refractivity contribution in [2.45, 2.75) is 73.1 Å². The highest BCUT2D eigenvalue weighted by Gasteiger charge is 2.48. The Morgan fingerprint density at radius 1 is 1.14 bits per heavy atom. The molecule has 1 aromatic carbocycles. The largest absolute Gasteiger partial charge is 0.416 e. The van der Waals surface area contributed by atoms with E-state index in [-0.39, 0.29) is 43.7 Å². The number of alkyl halides is 4. The number of sulfone groups is 1. The number of rotatable bonds is 4. The molecule has 0 spiro atoms. The maximum absolute atomic E-state index is 15.3. The molecule has 1 saturated heterocycles. The Morgan fingerprint density at radius 3 is 2.41 bits per heavy atom. The van der Waals surface area contributed by atoms with E-state index in [1.54, 1.807) is 0 Å². The number of halogens is 4. The predicted octanol–water partition coefficient (Wildman–Crippen LogP) is 3.35. The van der Waals surface area contributed by atoms with E-state index in [0.29, 0.717) is 6.07 Å². The van der Waals surface area contributed by atoms with Gasteiger partial charge in [0, 0.05) is 6.04 Å². The second-order valence-corrected chi connectivity index (χ2v) is 9.91. The predicted molar refractivity (Wildman–Crippen MR) is 98.5 cm³/mol. The van der Waals surface area contributed by atoms with Crippen molar-refractivity contribution in [1.82, 2.24) is 10.6 Å². The quantitative estimate of drug-likeness (QED) is 0.710. The fourth-order valence-corrected chi connectivity index (χ4v) is 5.63. The number of carbonyl (C=O) groups excluding carboxylic acids is 1. The van der Waals surface area contributed by atoms with Gasteiger partial charge in [0.15, 0.2) is 0 Å². The van der Waals surface area contributed by atoms with E-state index in [4.69, 9.17) is 0 Å². The van der Waals surface area contributed by atoms with Crippen LogP contribution in [0.4, 0.5) is 17.6 Å². The molecule has 29 heavy (non-hydrogen) atoms. The Labute approximate surface area is 167 Å². The molecule has 2 N–H and O–H groups in total. The summed E-state index contributed by atoms with van der Waals surface area (Å²) in [7, 11) is -4.61. The number of hydrogen-bond donors (Lipinski definition) is 2. The Hall–Kier alpha value is -1.68.